The van der Waals surface area contributed by atoms with Crippen LogP contribution in [0.5, 0.6) is 5.75 Å². The Hall–Kier alpha value is -0.803. The summed E-state index contributed by atoms with van der Waals surface area (Å²) in [5, 5.41) is 0.281. The molecule has 0 atom stereocenters. The van der Waals surface area contributed by atoms with Crippen LogP contribution < -0.4 is 4.74 Å². The van der Waals surface area contributed by atoms with Gasteiger partial charge in [-0.25, -0.2) is 0 Å². The second-order valence-electron chi connectivity index (χ2n) is 6.66. The predicted octanol–water partition coefficient (Wildman–Crippen LogP) is 4.57. The van der Waals surface area contributed by atoms with Gasteiger partial charge in [0.25, 0.3) is 0 Å². The van der Waals surface area contributed by atoms with Crippen LogP contribution in [0.2, 0.25) is 18.1 Å². The molecular weight excluding hydrogens is 252 g/mol. The molecule has 0 radical (unpaired) electrons. The minimum Gasteiger partial charge on any atom is -0.496 e. The highest BCUT2D eigenvalue weighted by Crippen LogP contribution is 2.36. The number of hydrogen-bond acceptors (Lipinski definition) is 2. The molecule has 0 N–H and O–H groups in total. The van der Waals surface area contributed by atoms with Crippen molar-refractivity contribution in [3.8, 4) is 5.75 Å². The highest BCUT2D eigenvalue weighted by molar-refractivity contribution is 6.74. The van der Waals surface area contributed by atoms with Crippen molar-refractivity contribution in [2.75, 3.05) is 13.7 Å². The maximum atomic E-state index is 6.20. The van der Waals surface area contributed by atoms with Gasteiger partial charge in [0, 0.05) is 6.61 Å². The van der Waals surface area contributed by atoms with E-state index in [2.05, 4.69) is 52.9 Å². The molecule has 1 aromatic carbocycles. The van der Waals surface area contributed by atoms with Crippen LogP contribution in [0.25, 0.3) is 0 Å². The lowest BCUT2D eigenvalue weighted by molar-refractivity contribution is 0.292. The molecule has 1 aromatic rings. The van der Waals surface area contributed by atoms with E-state index in [0.29, 0.717) is 0 Å². The zero-order chi connectivity index (χ0) is 14.7. The minimum atomic E-state index is -1.61. The van der Waals surface area contributed by atoms with Crippen molar-refractivity contribution in [3.05, 3.63) is 29.3 Å². The van der Waals surface area contributed by atoms with E-state index in [-0.39, 0.29) is 5.04 Å². The van der Waals surface area contributed by atoms with Gasteiger partial charge >= 0.3 is 0 Å². The Morgan fingerprint density at radius 1 is 1.16 bits per heavy atom. The molecule has 0 fully saturated rings. The van der Waals surface area contributed by atoms with Gasteiger partial charge in [-0.15, -0.1) is 0 Å². The molecule has 0 aliphatic carbocycles. The quantitative estimate of drug-likeness (QED) is 0.736. The van der Waals surface area contributed by atoms with Gasteiger partial charge in [0.05, 0.1) is 7.11 Å². The zero-order valence-corrected chi connectivity index (χ0v) is 14.5. The molecule has 0 bridgehead atoms. The smallest absolute Gasteiger partial charge is 0.191 e. The monoisotopic (exact) mass is 280 g/mol. The maximum Gasteiger partial charge on any atom is 0.191 e. The normalized spacial score (nSPS) is 12.6. The molecule has 0 aliphatic heterocycles. The molecule has 0 spiro atoms. The first-order chi connectivity index (χ1) is 8.67. The van der Waals surface area contributed by atoms with Crippen LogP contribution >= 0.6 is 0 Å². The van der Waals surface area contributed by atoms with Crippen molar-refractivity contribution in [1.29, 1.82) is 0 Å². The summed E-state index contributed by atoms with van der Waals surface area (Å²) < 4.78 is 11.5. The molecule has 0 heterocycles. The van der Waals surface area contributed by atoms with Gasteiger partial charge in [0.2, 0.25) is 0 Å². The van der Waals surface area contributed by atoms with Gasteiger partial charge in [0.1, 0.15) is 5.75 Å². The van der Waals surface area contributed by atoms with E-state index in [1.54, 1.807) is 7.11 Å². The molecule has 0 amide bonds. The van der Waals surface area contributed by atoms with E-state index in [0.717, 1.165) is 18.8 Å². The van der Waals surface area contributed by atoms with Crippen molar-refractivity contribution in [2.45, 2.75) is 52.2 Å². The van der Waals surface area contributed by atoms with Gasteiger partial charge in [0.15, 0.2) is 8.32 Å². The van der Waals surface area contributed by atoms with Crippen molar-refractivity contribution in [3.63, 3.8) is 0 Å². The summed E-state index contributed by atoms with van der Waals surface area (Å²) in [5.41, 5.74) is 2.50. The molecule has 0 aliphatic rings. The second kappa shape index (κ2) is 6.10. The second-order valence-corrected chi connectivity index (χ2v) is 11.5. The van der Waals surface area contributed by atoms with Crippen LogP contribution in [0.4, 0.5) is 0 Å². The fourth-order valence-electron chi connectivity index (χ4n) is 1.74. The summed E-state index contributed by atoms with van der Waals surface area (Å²) >= 11 is 0. The molecule has 0 saturated carbocycles. The van der Waals surface area contributed by atoms with Gasteiger partial charge in [-0.1, -0.05) is 32.9 Å². The van der Waals surface area contributed by atoms with Crippen molar-refractivity contribution in [1.82, 2.24) is 0 Å². The summed E-state index contributed by atoms with van der Waals surface area (Å²) in [5.74, 6) is 0.953. The van der Waals surface area contributed by atoms with E-state index in [1.807, 2.05) is 6.07 Å². The summed E-state index contributed by atoms with van der Waals surface area (Å²) in [6, 6.07) is 6.35. The summed E-state index contributed by atoms with van der Waals surface area (Å²) in [6.45, 7) is 14.3. The van der Waals surface area contributed by atoms with Gasteiger partial charge < -0.3 is 9.16 Å². The number of ether oxygens (including phenoxy) is 1. The lowest BCUT2D eigenvalue weighted by Gasteiger charge is -2.36. The average molecular weight is 280 g/mol. The first kappa shape index (κ1) is 16.3. The Balaban J connectivity index is 2.57. The fourth-order valence-corrected chi connectivity index (χ4v) is 2.78. The van der Waals surface area contributed by atoms with Crippen LogP contribution in [0.15, 0.2) is 18.2 Å². The van der Waals surface area contributed by atoms with Gasteiger partial charge in [-0.2, -0.15) is 0 Å². The molecule has 0 unspecified atom stereocenters. The van der Waals surface area contributed by atoms with E-state index >= 15 is 0 Å². The van der Waals surface area contributed by atoms with Crippen molar-refractivity contribution in [2.24, 2.45) is 0 Å². The summed E-state index contributed by atoms with van der Waals surface area (Å²) in [7, 11) is 0.0960. The maximum absolute atomic E-state index is 6.20. The molecule has 108 valence electrons. The highest BCUT2D eigenvalue weighted by Gasteiger charge is 2.36. The van der Waals surface area contributed by atoms with Gasteiger partial charge in [-0.3, -0.25) is 0 Å². The van der Waals surface area contributed by atoms with E-state index in [1.165, 1.54) is 11.1 Å². The summed E-state index contributed by atoms with van der Waals surface area (Å²) in [4.78, 5) is 0. The van der Waals surface area contributed by atoms with Crippen LogP contribution in [-0.2, 0) is 10.8 Å². The third-order valence-corrected chi connectivity index (χ3v) is 8.66. The van der Waals surface area contributed by atoms with Crippen molar-refractivity contribution >= 4 is 8.32 Å². The Morgan fingerprint density at radius 2 is 1.79 bits per heavy atom. The Morgan fingerprint density at radius 3 is 2.26 bits per heavy atom. The third kappa shape index (κ3) is 4.36. The molecule has 0 saturated heterocycles. The number of rotatable bonds is 5. The van der Waals surface area contributed by atoms with Crippen LogP contribution in [-0.4, -0.2) is 22.0 Å². The molecule has 0 aromatic heterocycles. The van der Waals surface area contributed by atoms with E-state index < -0.39 is 8.32 Å². The fraction of sp³-hybridized carbons (Fsp3) is 0.625. The molecule has 1 rings (SSSR count). The standard InChI is InChI=1S/C16H28O2Si/c1-13-12-14(8-9-15(13)17-5)10-11-18-19(6,7)16(2,3)4/h8-9,12H,10-11H2,1-7H3. The average Bonchev–Trinajstić information content (AvgIpc) is 2.27. The van der Waals surface area contributed by atoms with Crippen LogP contribution in [0.3, 0.4) is 0 Å². The first-order valence-electron chi connectivity index (χ1n) is 6.95. The topological polar surface area (TPSA) is 18.5 Å². The SMILES string of the molecule is COc1ccc(CCO[Si](C)(C)C(C)(C)C)cc1C. The third-order valence-electron chi connectivity index (χ3n) is 4.12. The number of aryl methyl sites for hydroxylation is 1. The molecule has 3 heteroatoms. The molecular formula is C16H28O2Si. The minimum absolute atomic E-state index is 0.281. The Kier molecular flexibility index (Phi) is 5.22. The highest BCUT2D eigenvalue weighted by atomic mass is 28.4. The predicted molar refractivity (Wildman–Crippen MR) is 84.6 cm³/mol. The van der Waals surface area contributed by atoms with Crippen LogP contribution in [0, 0.1) is 6.92 Å². The molecule has 2 nitrogen and oxygen atoms in total. The first-order valence-corrected chi connectivity index (χ1v) is 9.86. The van der Waals surface area contributed by atoms with Gasteiger partial charge in [-0.05, 0) is 48.7 Å². The summed E-state index contributed by atoms with van der Waals surface area (Å²) in [6.07, 6.45) is 0.970. The van der Waals surface area contributed by atoms with Crippen molar-refractivity contribution < 1.29 is 9.16 Å². The zero-order valence-electron chi connectivity index (χ0n) is 13.5. The number of methoxy groups -OCH3 is 1. The number of hydrogen-bond donors (Lipinski definition) is 0. The van der Waals surface area contributed by atoms with Crippen LogP contribution in [0.1, 0.15) is 31.9 Å². The van der Waals surface area contributed by atoms with E-state index in [9.17, 15) is 0 Å². The lowest BCUT2D eigenvalue weighted by Crippen LogP contribution is -2.41. The van der Waals surface area contributed by atoms with E-state index in [4.69, 9.17) is 9.16 Å². The number of benzene rings is 1. The largest absolute Gasteiger partial charge is 0.496 e. The Labute approximate surface area is 119 Å². The Bertz CT molecular complexity index is 419. The molecule has 19 heavy (non-hydrogen) atoms. The lowest BCUT2D eigenvalue weighted by atomic mass is 10.1.